The van der Waals surface area contributed by atoms with E-state index in [-0.39, 0.29) is 0 Å². The summed E-state index contributed by atoms with van der Waals surface area (Å²) in [6.07, 6.45) is 2.81. The van der Waals surface area contributed by atoms with Gasteiger partial charge in [-0.3, -0.25) is 5.10 Å². The molecule has 3 heteroatoms. The van der Waals surface area contributed by atoms with E-state index in [9.17, 15) is 0 Å². The molecule has 0 saturated carbocycles. The lowest BCUT2D eigenvalue weighted by molar-refractivity contribution is 0.407. The molecule has 3 nitrogen and oxygen atoms in total. The lowest BCUT2D eigenvalue weighted by Gasteiger charge is -2.19. The summed E-state index contributed by atoms with van der Waals surface area (Å²) in [5, 5.41) is 8.36. The molecule has 3 aromatic carbocycles. The van der Waals surface area contributed by atoms with Gasteiger partial charge in [-0.1, -0.05) is 69.3 Å². The van der Waals surface area contributed by atoms with Crippen molar-refractivity contribution in [1.29, 1.82) is 0 Å². The number of ether oxygens (including phenoxy) is 1. The van der Waals surface area contributed by atoms with Gasteiger partial charge in [-0.25, -0.2) is 0 Å². The van der Waals surface area contributed by atoms with E-state index < -0.39 is 0 Å². The fourth-order valence-electron chi connectivity index (χ4n) is 4.12. The molecule has 0 amide bonds. The van der Waals surface area contributed by atoms with Crippen LogP contribution in [0, 0.1) is 0 Å². The van der Waals surface area contributed by atoms with Gasteiger partial charge in [-0.2, -0.15) is 5.10 Å². The highest BCUT2D eigenvalue weighted by Gasteiger charge is 2.16. The number of methoxy groups -OCH3 is 1. The minimum atomic E-state index is 0.406. The Morgan fingerprint density at radius 2 is 1.67 bits per heavy atom. The number of nitrogens with one attached hydrogen (secondary N) is 1. The first kappa shape index (κ1) is 20.0. The Morgan fingerprint density at radius 3 is 2.37 bits per heavy atom. The third-order valence-electron chi connectivity index (χ3n) is 5.65. The fraction of sp³-hybridized carbons (Fsp3) is 0.222. The maximum Gasteiger partial charge on any atom is 0.122 e. The van der Waals surface area contributed by atoms with Crippen LogP contribution < -0.4 is 4.74 Å². The Hall–Kier alpha value is -3.33. The van der Waals surface area contributed by atoms with E-state index in [2.05, 4.69) is 97.7 Å². The Labute approximate surface area is 178 Å². The van der Waals surface area contributed by atoms with Gasteiger partial charge in [0.05, 0.1) is 18.8 Å². The minimum Gasteiger partial charge on any atom is -0.496 e. The summed E-state index contributed by atoms with van der Waals surface area (Å²) in [4.78, 5) is 0. The molecule has 1 N–H and O–H groups in total. The monoisotopic (exact) mass is 396 g/mol. The van der Waals surface area contributed by atoms with Crippen molar-refractivity contribution in [2.45, 2.75) is 33.1 Å². The molecule has 0 fully saturated rings. The highest BCUT2D eigenvalue weighted by molar-refractivity contribution is 6.00. The second-order valence-electron chi connectivity index (χ2n) is 7.86. The zero-order chi connectivity index (χ0) is 21.1. The summed E-state index contributed by atoms with van der Waals surface area (Å²) < 4.78 is 5.77. The molecule has 0 spiro atoms. The van der Waals surface area contributed by atoms with Crippen LogP contribution in [0.4, 0.5) is 0 Å². The third kappa shape index (κ3) is 3.76. The Kier molecular flexibility index (Phi) is 5.71. The number of aromatic nitrogens is 2. The van der Waals surface area contributed by atoms with Gasteiger partial charge in [0.2, 0.25) is 0 Å². The predicted molar refractivity (Wildman–Crippen MR) is 126 cm³/mol. The van der Waals surface area contributed by atoms with Crippen LogP contribution in [0.5, 0.6) is 5.75 Å². The van der Waals surface area contributed by atoms with Crippen LogP contribution in [-0.4, -0.2) is 17.3 Å². The average molecular weight is 397 g/mol. The predicted octanol–water partition coefficient (Wildman–Crippen LogP) is 7.06. The third-order valence-corrected chi connectivity index (χ3v) is 5.65. The van der Waals surface area contributed by atoms with Crippen LogP contribution in [-0.2, 0) is 0 Å². The molecule has 1 heterocycles. The molecule has 1 aromatic heterocycles. The van der Waals surface area contributed by atoms with Gasteiger partial charge < -0.3 is 4.74 Å². The lowest BCUT2D eigenvalue weighted by Crippen LogP contribution is -1.99. The number of benzene rings is 3. The maximum atomic E-state index is 5.77. The van der Waals surface area contributed by atoms with Crippen LogP contribution >= 0.6 is 0 Å². The smallest absolute Gasteiger partial charge is 0.122 e. The minimum absolute atomic E-state index is 0.406. The number of H-pyrrole nitrogens is 1. The number of hydrogen-bond acceptors (Lipinski definition) is 2. The van der Waals surface area contributed by atoms with Gasteiger partial charge in [0, 0.05) is 5.39 Å². The fourth-order valence-corrected chi connectivity index (χ4v) is 4.12. The Bertz CT molecular complexity index is 1190. The molecule has 30 heavy (non-hydrogen) atoms. The molecule has 0 unspecified atom stereocenters. The molecular formula is C27H28N2O. The van der Waals surface area contributed by atoms with Crippen LogP contribution in [0.2, 0.25) is 0 Å². The molecular weight excluding hydrogens is 368 g/mol. The summed E-state index contributed by atoms with van der Waals surface area (Å²) in [6.45, 7) is 6.61. The summed E-state index contributed by atoms with van der Waals surface area (Å²) in [5.74, 6) is 1.34. The van der Waals surface area contributed by atoms with Gasteiger partial charge in [0.15, 0.2) is 0 Å². The van der Waals surface area contributed by atoms with Crippen LogP contribution in [0.1, 0.15) is 55.4 Å². The van der Waals surface area contributed by atoms with Crippen molar-refractivity contribution >= 4 is 22.0 Å². The highest BCUT2D eigenvalue weighted by Crippen LogP contribution is 2.38. The number of rotatable bonds is 6. The molecule has 0 aliphatic heterocycles. The van der Waals surface area contributed by atoms with E-state index in [1.165, 1.54) is 33.4 Å². The molecule has 0 radical (unpaired) electrons. The first-order valence-electron chi connectivity index (χ1n) is 10.5. The Balaban J connectivity index is 2.00. The van der Waals surface area contributed by atoms with E-state index in [0.717, 1.165) is 23.1 Å². The van der Waals surface area contributed by atoms with Crippen molar-refractivity contribution in [3.8, 4) is 5.75 Å². The zero-order valence-corrected chi connectivity index (χ0v) is 18.1. The van der Waals surface area contributed by atoms with Gasteiger partial charge in [0.25, 0.3) is 0 Å². The van der Waals surface area contributed by atoms with Crippen molar-refractivity contribution in [2.24, 2.45) is 0 Å². The molecule has 0 atom stereocenters. The molecule has 152 valence electrons. The van der Waals surface area contributed by atoms with E-state index in [1.807, 2.05) is 6.20 Å². The summed E-state index contributed by atoms with van der Waals surface area (Å²) in [7, 11) is 1.75. The van der Waals surface area contributed by atoms with Crippen molar-refractivity contribution < 1.29 is 4.74 Å². The Morgan fingerprint density at radius 1 is 0.933 bits per heavy atom. The maximum absolute atomic E-state index is 5.77. The largest absolute Gasteiger partial charge is 0.496 e. The highest BCUT2D eigenvalue weighted by atomic mass is 16.5. The molecule has 0 aliphatic rings. The molecule has 0 saturated heterocycles. The molecule has 0 bridgehead atoms. The zero-order valence-electron chi connectivity index (χ0n) is 18.1. The number of allylic oxidation sites excluding steroid dienone is 1. The SMILES string of the molecule is CC/C(=C(/c1ccc(C(C)C)c(OC)c1)c1ccc2[nH]ncc2c1)c1ccccc1. The van der Waals surface area contributed by atoms with E-state index >= 15 is 0 Å². The van der Waals surface area contributed by atoms with Gasteiger partial charge in [-0.15, -0.1) is 0 Å². The summed E-state index contributed by atoms with van der Waals surface area (Å²) in [5.41, 5.74) is 8.42. The second-order valence-corrected chi connectivity index (χ2v) is 7.86. The second kappa shape index (κ2) is 8.58. The topological polar surface area (TPSA) is 37.9 Å². The van der Waals surface area contributed by atoms with Crippen molar-refractivity contribution in [3.05, 3.63) is 95.2 Å². The number of fused-ring (bicyclic) bond motifs is 1. The number of hydrogen-bond donors (Lipinski definition) is 1. The lowest BCUT2D eigenvalue weighted by atomic mass is 9.86. The molecule has 0 aliphatic carbocycles. The van der Waals surface area contributed by atoms with Crippen molar-refractivity contribution in [3.63, 3.8) is 0 Å². The quantitative estimate of drug-likeness (QED) is 0.354. The average Bonchev–Trinajstić information content (AvgIpc) is 3.25. The molecule has 4 aromatic rings. The summed E-state index contributed by atoms with van der Waals surface area (Å²) in [6, 6.07) is 23.8. The number of aromatic amines is 1. The van der Waals surface area contributed by atoms with Crippen LogP contribution in [0.25, 0.3) is 22.0 Å². The van der Waals surface area contributed by atoms with E-state index in [0.29, 0.717) is 5.92 Å². The summed E-state index contributed by atoms with van der Waals surface area (Å²) >= 11 is 0. The first-order valence-corrected chi connectivity index (χ1v) is 10.5. The van der Waals surface area contributed by atoms with Gasteiger partial charge in [-0.05, 0) is 63.9 Å². The van der Waals surface area contributed by atoms with Crippen LogP contribution in [0.3, 0.4) is 0 Å². The van der Waals surface area contributed by atoms with Crippen molar-refractivity contribution in [1.82, 2.24) is 10.2 Å². The standard InChI is InChI=1S/C27H28N2O/c1-5-23(19-9-7-6-8-10-19)27(20-12-14-25-22(15-20)17-28-29-25)21-11-13-24(18(2)3)26(16-21)30-4/h6-18H,5H2,1-4H3,(H,28,29)/b27-23-. The van der Waals surface area contributed by atoms with Crippen LogP contribution in [0.15, 0.2) is 72.9 Å². The van der Waals surface area contributed by atoms with E-state index in [1.54, 1.807) is 7.11 Å². The number of nitrogens with zero attached hydrogens (tertiary/aromatic N) is 1. The van der Waals surface area contributed by atoms with Gasteiger partial charge >= 0.3 is 0 Å². The molecule has 4 rings (SSSR count). The first-order chi connectivity index (χ1) is 14.6. The van der Waals surface area contributed by atoms with Gasteiger partial charge in [0.1, 0.15) is 5.75 Å². The van der Waals surface area contributed by atoms with E-state index in [4.69, 9.17) is 4.74 Å². The normalized spacial score (nSPS) is 12.3. The van der Waals surface area contributed by atoms with Crippen molar-refractivity contribution in [2.75, 3.05) is 7.11 Å².